The number of unbranched alkanes of at least 4 members (excludes halogenated alkanes) is 3. The Morgan fingerprint density at radius 3 is 2.94 bits per heavy atom. The summed E-state index contributed by atoms with van der Waals surface area (Å²) < 4.78 is 7.38. The Bertz CT molecular complexity index is 288. The van der Waals surface area contributed by atoms with Crippen LogP contribution in [0.1, 0.15) is 38.3 Å². The van der Waals surface area contributed by atoms with Gasteiger partial charge in [0, 0.05) is 19.3 Å². The first-order valence-corrected chi connectivity index (χ1v) is 6.48. The Labute approximate surface area is 104 Å². The normalized spacial score (nSPS) is 10.9. The maximum atomic E-state index is 5.55. The molecule has 17 heavy (non-hydrogen) atoms. The molecule has 1 heterocycles. The Morgan fingerprint density at radius 2 is 2.18 bits per heavy atom. The lowest BCUT2D eigenvalue weighted by Crippen LogP contribution is -2.07. The van der Waals surface area contributed by atoms with Crippen molar-refractivity contribution >= 4 is 0 Å². The van der Waals surface area contributed by atoms with Crippen LogP contribution in [-0.2, 0) is 17.8 Å². The van der Waals surface area contributed by atoms with Gasteiger partial charge in [0.1, 0.15) is 0 Å². The highest BCUT2D eigenvalue weighted by Crippen LogP contribution is 1.99. The van der Waals surface area contributed by atoms with E-state index in [4.69, 9.17) is 4.74 Å². The molecule has 1 N–H and O–H groups in total. The van der Waals surface area contributed by atoms with Gasteiger partial charge < -0.3 is 10.1 Å². The van der Waals surface area contributed by atoms with Crippen molar-refractivity contribution in [3.8, 4) is 0 Å². The fraction of sp³-hybridized carbons (Fsp3) is 0.833. The van der Waals surface area contributed by atoms with E-state index in [0.717, 1.165) is 31.8 Å². The molecule has 0 aliphatic carbocycles. The molecule has 0 atom stereocenters. The van der Waals surface area contributed by atoms with Crippen LogP contribution >= 0.6 is 0 Å². The van der Waals surface area contributed by atoms with Crippen molar-refractivity contribution in [2.45, 2.75) is 45.7 Å². The second-order valence-electron chi connectivity index (χ2n) is 4.18. The molecule has 1 rings (SSSR count). The predicted molar refractivity (Wildman–Crippen MR) is 67.7 cm³/mol. The highest BCUT2D eigenvalue weighted by Gasteiger charge is 1.98. The number of ether oxygens (including phenoxy) is 1. The van der Waals surface area contributed by atoms with Gasteiger partial charge in [-0.05, 0) is 13.5 Å². The smallest absolute Gasteiger partial charge is 0.0964 e. The molecular formula is C12H24N4O. The lowest BCUT2D eigenvalue weighted by molar-refractivity contribution is 0.119. The third-order valence-electron chi connectivity index (χ3n) is 2.55. The van der Waals surface area contributed by atoms with E-state index in [1.807, 2.05) is 17.9 Å². The summed E-state index contributed by atoms with van der Waals surface area (Å²) in [5, 5.41) is 11.1. The zero-order valence-electron chi connectivity index (χ0n) is 11.0. The SMILES string of the molecule is CCCCCCOCCn1cc(CNC)nn1. The van der Waals surface area contributed by atoms with Crippen LogP contribution in [0.3, 0.4) is 0 Å². The van der Waals surface area contributed by atoms with Crippen LogP contribution < -0.4 is 5.32 Å². The molecule has 0 unspecified atom stereocenters. The van der Waals surface area contributed by atoms with E-state index in [1.54, 1.807) is 0 Å². The maximum absolute atomic E-state index is 5.55. The van der Waals surface area contributed by atoms with Crippen LogP contribution in [0, 0.1) is 0 Å². The summed E-state index contributed by atoms with van der Waals surface area (Å²) >= 11 is 0. The van der Waals surface area contributed by atoms with Gasteiger partial charge in [-0.1, -0.05) is 31.4 Å². The van der Waals surface area contributed by atoms with E-state index in [1.165, 1.54) is 19.3 Å². The van der Waals surface area contributed by atoms with Gasteiger partial charge in [0.2, 0.25) is 0 Å². The van der Waals surface area contributed by atoms with Crippen LogP contribution in [0.4, 0.5) is 0 Å². The number of nitrogens with zero attached hydrogens (tertiary/aromatic N) is 3. The summed E-state index contributed by atoms with van der Waals surface area (Å²) in [7, 11) is 1.90. The number of hydrogen-bond acceptors (Lipinski definition) is 4. The van der Waals surface area contributed by atoms with Gasteiger partial charge in [-0.2, -0.15) is 0 Å². The average Bonchev–Trinajstić information content (AvgIpc) is 2.76. The maximum Gasteiger partial charge on any atom is 0.0964 e. The number of nitrogens with one attached hydrogen (secondary N) is 1. The third kappa shape index (κ3) is 6.38. The van der Waals surface area contributed by atoms with Crippen LogP contribution in [0.15, 0.2) is 6.20 Å². The molecule has 1 aromatic rings. The van der Waals surface area contributed by atoms with Crippen LogP contribution in [-0.4, -0.2) is 35.3 Å². The highest BCUT2D eigenvalue weighted by molar-refractivity contribution is 4.90. The van der Waals surface area contributed by atoms with Crippen LogP contribution in [0.2, 0.25) is 0 Å². The molecule has 0 aliphatic rings. The molecule has 0 aliphatic heterocycles. The van der Waals surface area contributed by atoms with Crippen molar-refractivity contribution < 1.29 is 4.74 Å². The largest absolute Gasteiger partial charge is 0.380 e. The van der Waals surface area contributed by atoms with E-state index >= 15 is 0 Å². The molecule has 0 spiro atoms. The summed E-state index contributed by atoms with van der Waals surface area (Å²) in [4.78, 5) is 0. The number of hydrogen-bond donors (Lipinski definition) is 1. The van der Waals surface area contributed by atoms with Crippen molar-refractivity contribution in [1.29, 1.82) is 0 Å². The van der Waals surface area contributed by atoms with E-state index in [0.29, 0.717) is 6.61 Å². The minimum atomic E-state index is 0.717. The van der Waals surface area contributed by atoms with Crippen molar-refractivity contribution in [2.75, 3.05) is 20.3 Å². The molecular weight excluding hydrogens is 216 g/mol. The Hall–Kier alpha value is -0.940. The van der Waals surface area contributed by atoms with Gasteiger partial charge in [-0.15, -0.1) is 5.10 Å². The van der Waals surface area contributed by atoms with Crippen LogP contribution in [0.25, 0.3) is 0 Å². The number of rotatable bonds is 10. The first kappa shape index (κ1) is 14.1. The zero-order valence-corrected chi connectivity index (χ0v) is 11.0. The van der Waals surface area contributed by atoms with Gasteiger partial charge in [0.25, 0.3) is 0 Å². The molecule has 0 aromatic carbocycles. The Morgan fingerprint density at radius 1 is 1.29 bits per heavy atom. The fourth-order valence-corrected chi connectivity index (χ4v) is 1.60. The minimum Gasteiger partial charge on any atom is -0.380 e. The molecule has 0 saturated heterocycles. The average molecular weight is 240 g/mol. The van der Waals surface area contributed by atoms with Crippen molar-refractivity contribution in [3.05, 3.63) is 11.9 Å². The molecule has 5 nitrogen and oxygen atoms in total. The quantitative estimate of drug-likeness (QED) is 0.631. The van der Waals surface area contributed by atoms with Gasteiger partial charge >= 0.3 is 0 Å². The molecule has 0 fully saturated rings. The summed E-state index contributed by atoms with van der Waals surface area (Å²) in [6.45, 7) is 5.34. The standard InChI is InChI=1S/C12H24N4O/c1-3-4-5-6-8-17-9-7-16-11-12(10-13-2)14-15-16/h11,13H,3-10H2,1-2H3. The minimum absolute atomic E-state index is 0.717. The van der Waals surface area contributed by atoms with Gasteiger partial charge in [-0.25, -0.2) is 4.68 Å². The second kappa shape index (κ2) is 9.13. The predicted octanol–water partition coefficient (Wildman–Crippen LogP) is 1.59. The topological polar surface area (TPSA) is 52.0 Å². The zero-order chi connectivity index (χ0) is 12.3. The summed E-state index contributed by atoms with van der Waals surface area (Å²) in [5.41, 5.74) is 0.968. The monoisotopic (exact) mass is 240 g/mol. The molecule has 0 amide bonds. The van der Waals surface area contributed by atoms with Gasteiger partial charge in [0.15, 0.2) is 0 Å². The molecule has 0 bridgehead atoms. The van der Waals surface area contributed by atoms with E-state index in [2.05, 4.69) is 22.6 Å². The summed E-state index contributed by atoms with van der Waals surface area (Å²) in [5.74, 6) is 0. The summed E-state index contributed by atoms with van der Waals surface area (Å²) in [6, 6.07) is 0. The molecule has 5 heteroatoms. The third-order valence-corrected chi connectivity index (χ3v) is 2.55. The lowest BCUT2D eigenvalue weighted by atomic mass is 10.2. The van der Waals surface area contributed by atoms with Crippen molar-refractivity contribution in [3.63, 3.8) is 0 Å². The Balaban J connectivity index is 2.01. The highest BCUT2D eigenvalue weighted by atomic mass is 16.5. The lowest BCUT2D eigenvalue weighted by Gasteiger charge is -2.03. The summed E-state index contributed by atoms with van der Waals surface area (Å²) in [6.07, 6.45) is 6.96. The van der Waals surface area contributed by atoms with E-state index < -0.39 is 0 Å². The van der Waals surface area contributed by atoms with Gasteiger partial charge in [-0.3, -0.25) is 0 Å². The fourth-order valence-electron chi connectivity index (χ4n) is 1.60. The molecule has 98 valence electrons. The first-order chi connectivity index (χ1) is 8.36. The van der Waals surface area contributed by atoms with E-state index in [-0.39, 0.29) is 0 Å². The molecule has 0 radical (unpaired) electrons. The van der Waals surface area contributed by atoms with Crippen LogP contribution in [0.5, 0.6) is 0 Å². The second-order valence-corrected chi connectivity index (χ2v) is 4.18. The first-order valence-electron chi connectivity index (χ1n) is 6.48. The molecule has 1 aromatic heterocycles. The van der Waals surface area contributed by atoms with Gasteiger partial charge in [0.05, 0.1) is 18.8 Å². The van der Waals surface area contributed by atoms with Crippen molar-refractivity contribution in [2.24, 2.45) is 0 Å². The number of aromatic nitrogens is 3. The van der Waals surface area contributed by atoms with E-state index in [9.17, 15) is 0 Å². The van der Waals surface area contributed by atoms with Crippen molar-refractivity contribution in [1.82, 2.24) is 20.3 Å². The Kier molecular flexibility index (Phi) is 7.58. The molecule has 0 saturated carbocycles.